The van der Waals surface area contributed by atoms with Crippen LogP contribution < -0.4 is 0 Å². The van der Waals surface area contributed by atoms with Crippen LogP contribution in [0.1, 0.15) is 63.5 Å². The molecule has 1 N–H and O–H groups in total. The van der Waals surface area contributed by atoms with Crippen molar-refractivity contribution < 1.29 is 0 Å². The number of aromatic nitrogens is 2. The van der Waals surface area contributed by atoms with Gasteiger partial charge in [-0.2, -0.15) is 0 Å². The number of H-pyrrole nitrogens is 1. The molecule has 0 spiro atoms. The zero-order valence-corrected chi connectivity index (χ0v) is 12.6. The van der Waals surface area contributed by atoms with Gasteiger partial charge < -0.3 is 4.98 Å². The van der Waals surface area contributed by atoms with Crippen molar-refractivity contribution in [2.75, 3.05) is 0 Å². The number of allylic oxidation sites excluding steroid dienone is 2. The predicted octanol–water partition coefficient (Wildman–Crippen LogP) is 4.90. The third kappa shape index (κ3) is 4.22. The quantitative estimate of drug-likeness (QED) is 0.703. The molecule has 1 aromatic rings. The molecule has 1 atom stereocenters. The van der Waals surface area contributed by atoms with Gasteiger partial charge in [0.25, 0.3) is 0 Å². The van der Waals surface area contributed by atoms with Crippen molar-refractivity contribution >= 4 is 0 Å². The van der Waals surface area contributed by atoms with Gasteiger partial charge in [-0.25, -0.2) is 4.98 Å². The van der Waals surface area contributed by atoms with Crippen LogP contribution in [0.4, 0.5) is 0 Å². The summed E-state index contributed by atoms with van der Waals surface area (Å²) in [5.41, 5.74) is 1.29. The van der Waals surface area contributed by atoms with Crippen molar-refractivity contribution in [3.05, 3.63) is 30.4 Å². The van der Waals surface area contributed by atoms with Crippen LogP contribution in [0.25, 0.3) is 0 Å². The van der Waals surface area contributed by atoms with E-state index in [0.29, 0.717) is 0 Å². The first-order valence-corrected chi connectivity index (χ1v) is 8.56. The summed E-state index contributed by atoms with van der Waals surface area (Å²) in [6, 6.07) is 0. The summed E-state index contributed by atoms with van der Waals surface area (Å²) in [7, 11) is 0. The van der Waals surface area contributed by atoms with Gasteiger partial charge in [0.2, 0.25) is 0 Å². The van der Waals surface area contributed by atoms with Crippen LogP contribution in [0.15, 0.2) is 24.7 Å². The van der Waals surface area contributed by atoms with Crippen LogP contribution in [0, 0.1) is 17.8 Å². The summed E-state index contributed by atoms with van der Waals surface area (Å²) >= 11 is 0. The molecule has 2 fully saturated rings. The minimum absolute atomic E-state index is 0.738. The molecular formula is C18H28N2. The van der Waals surface area contributed by atoms with Gasteiger partial charge in [0.05, 0.1) is 6.33 Å². The molecule has 20 heavy (non-hydrogen) atoms. The molecule has 0 bridgehead atoms. The first-order chi connectivity index (χ1) is 9.92. The van der Waals surface area contributed by atoms with E-state index in [1.807, 2.05) is 6.20 Å². The minimum atomic E-state index is 0.738. The molecule has 1 unspecified atom stereocenters. The average molecular weight is 272 g/mol. The Balaban J connectivity index is 1.42. The highest BCUT2D eigenvalue weighted by atomic mass is 14.9. The molecule has 0 amide bonds. The molecule has 2 aliphatic rings. The Morgan fingerprint density at radius 3 is 2.75 bits per heavy atom. The largest absolute Gasteiger partial charge is 0.348 e. The molecule has 1 heterocycles. The molecule has 0 saturated heterocycles. The lowest BCUT2D eigenvalue weighted by Crippen LogP contribution is -2.06. The van der Waals surface area contributed by atoms with E-state index in [-0.39, 0.29) is 0 Å². The summed E-state index contributed by atoms with van der Waals surface area (Å²) in [5.74, 6) is 2.69. The van der Waals surface area contributed by atoms with Gasteiger partial charge in [-0.3, -0.25) is 0 Å². The average Bonchev–Trinajstić information content (AvgIpc) is 3.21. The molecule has 2 saturated carbocycles. The van der Waals surface area contributed by atoms with Crippen molar-refractivity contribution in [3.63, 3.8) is 0 Å². The maximum Gasteiger partial charge on any atom is 0.0921 e. The van der Waals surface area contributed by atoms with Crippen LogP contribution in [0.2, 0.25) is 0 Å². The Hall–Kier alpha value is -1.05. The molecule has 2 heteroatoms. The van der Waals surface area contributed by atoms with Crippen molar-refractivity contribution in [1.82, 2.24) is 9.97 Å². The summed E-state index contributed by atoms with van der Waals surface area (Å²) in [4.78, 5) is 7.38. The fourth-order valence-electron chi connectivity index (χ4n) is 3.65. The Bertz CT molecular complexity index is 397. The molecule has 2 aliphatic carbocycles. The summed E-state index contributed by atoms with van der Waals surface area (Å²) in [6.07, 6.45) is 22.8. The van der Waals surface area contributed by atoms with Crippen molar-refractivity contribution in [3.8, 4) is 0 Å². The second-order valence-corrected chi connectivity index (χ2v) is 6.79. The maximum atomic E-state index is 4.13. The molecule has 0 aromatic carbocycles. The van der Waals surface area contributed by atoms with Crippen LogP contribution >= 0.6 is 0 Å². The highest BCUT2D eigenvalue weighted by Gasteiger charge is 2.29. The third-order valence-corrected chi connectivity index (χ3v) is 5.09. The van der Waals surface area contributed by atoms with E-state index in [2.05, 4.69) is 22.1 Å². The maximum absolute atomic E-state index is 4.13. The molecule has 0 aliphatic heterocycles. The lowest BCUT2D eigenvalue weighted by Gasteiger charge is -2.20. The standard InChI is InChI=1S/C18H28N2/c1-2-6-15(7-3-1)8-4-5-9-17(16-10-11-16)12-18-13-19-14-20-18/h5,9,13-17H,1-4,6-8,10-12H2,(H,19,20)/b9-5+. The van der Waals surface area contributed by atoms with Crippen molar-refractivity contribution in [2.24, 2.45) is 17.8 Å². The number of hydrogen-bond acceptors (Lipinski definition) is 1. The number of imidazole rings is 1. The first kappa shape index (κ1) is 13.9. The van der Waals surface area contributed by atoms with E-state index in [0.717, 1.165) is 24.2 Å². The summed E-state index contributed by atoms with van der Waals surface area (Å²) < 4.78 is 0. The number of nitrogens with one attached hydrogen (secondary N) is 1. The summed E-state index contributed by atoms with van der Waals surface area (Å²) in [6.45, 7) is 0. The normalized spacial score (nSPS) is 22.4. The lowest BCUT2D eigenvalue weighted by atomic mass is 9.86. The number of aromatic amines is 1. The topological polar surface area (TPSA) is 28.7 Å². The van der Waals surface area contributed by atoms with E-state index in [1.54, 1.807) is 6.33 Å². The Labute approximate surface area is 123 Å². The highest BCUT2D eigenvalue weighted by Crippen LogP contribution is 2.39. The van der Waals surface area contributed by atoms with Gasteiger partial charge in [0, 0.05) is 11.9 Å². The monoisotopic (exact) mass is 272 g/mol. The summed E-state index contributed by atoms with van der Waals surface area (Å²) in [5, 5.41) is 0. The Morgan fingerprint density at radius 1 is 1.20 bits per heavy atom. The molecule has 0 radical (unpaired) electrons. The van der Waals surface area contributed by atoms with Crippen molar-refractivity contribution in [1.29, 1.82) is 0 Å². The van der Waals surface area contributed by atoms with E-state index in [4.69, 9.17) is 0 Å². The van der Waals surface area contributed by atoms with Gasteiger partial charge in [0.1, 0.15) is 0 Å². The fraction of sp³-hybridized carbons (Fsp3) is 0.722. The van der Waals surface area contributed by atoms with Crippen molar-refractivity contribution in [2.45, 2.75) is 64.2 Å². The highest BCUT2D eigenvalue weighted by molar-refractivity contribution is 5.05. The number of rotatable bonds is 7. The lowest BCUT2D eigenvalue weighted by molar-refractivity contribution is 0.341. The minimum Gasteiger partial charge on any atom is -0.348 e. The molecule has 110 valence electrons. The molecular weight excluding hydrogens is 244 g/mol. The van der Waals surface area contributed by atoms with E-state index in [9.17, 15) is 0 Å². The first-order valence-electron chi connectivity index (χ1n) is 8.56. The van der Waals surface area contributed by atoms with Gasteiger partial charge in [-0.05, 0) is 49.9 Å². The zero-order chi connectivity index (χ0) is 13.6. The van der Waals surface area contributed by atoms with Gasteiger partial charge in [-0.1, -0.05) is 44.3 Å². The van der Waals surface area contributed by atoms with Crippen LogP contribution in [0.5, 0.6) is 0 Å². The second kappa shape index (κ2) is 7.10. The number of nitrogens with zero attached hydrogens (tertiary/aromatic N) is 1. The van der Waals surface area contributed by atoms with Gasteiger partial charge in [-0.15, -0.1) is 0 Å². The second-order valence-electron chi connectivity index (χ2n) is 6.79. The fourth-order valence-corrected chi connectivity index (χ4v) is 3.65. The van der Waals surface area contributed by atoms with E-state index in [1.165, 1.54) is 63.5 Å². The van der Waals surface area contributed by atoms with Crippen LogP contribution in [-0.4, -0.2) is 9.97 Å². The van der Waals surface area contributed by atoms with E-state index < -0.39 is 0 Å². The number of hydrogen-bond donors (Lipinski definition) is 1. The molecule has 3 rings (SSSR count). The predicted molar refractivity (Wildman–Crippen MR) is 83.5 cm³/mol. The SMILES string of the molecule is C(=C\C(Cc1cnc[nH]1)C1CC1)/CCC1CCCCC1. The smallest absolute Gasteiger partial charge is 0.0921 e. The molecule has 2 nitrogen and oxygen atoms in total. The third-order valence-electron chi connectivity index (χ3n) is 5.09. The van der Waals surface area contributed by atoms with Crippen LogP contribution in [0.3, 0.4) is 0 Å². The van der Waals surface area contributed by atoms with Crippen LogP contribution in [-0.2, 0) is 6.42 Å². The van der Waals surface area contributed by atoms with Gasteiger partial charge >= 0.3 is 0 Å². The van der Waals surface area contributed by atoms with Gasteiger partial charge in [0.15, 0.2) is 0 Å². The zero-order valence-electron chi connectivity index (χ0n) is 12.6. The molecule has 1 aromatic heterocycles. The van der Waals surface area contributed by atoms with E-state index >= 15 is 0 Å². The Kier molecular flexibility index (Phi) is 4.94. The Morgan fingerprint density at radius 2 is 2.05 bits per heavy atom.